The Hall–Kier alpha value is -2.05. The summed E-state index contributed by atoms with van der Waals surface area (Å²) in [5, 5.41) is 20.5. The summed E-state index contributed by atoms with van der Waals surface area (Å²) in [6.45, 7) is 9.44. The average molecular weight is 431 g/mol. The highest BCUT2D eigenvalue weighted by Gasteiger charge is 2.74. The van der Waals surface area contributed by atoms with Gasteiger partial charge in [-0.2, -0.15) is 0 Å². The molecule has 170 valence electrons. The van der Waals surface area contributed by atoms with Gasteiger partial charge in [-0.25, -0.2) is 4.79 Å². The van der Waals surface area contributed by atoms with Crippen LogP contribution in [0.15, 0.2) is 24.3 Å². The molecule has 2 N–H and O–H groups in total. The molecule has 6 nitrogen and oxygen atoms in total. The van der Waals surface area contributed by atoms with E-state index in [1.807, 2.05) is 0 Å². The van der Waals surface area contributed by atoms with Gasteiger partial charge in [0.15, 0.2) is 17.8 Å². The molecule has 1 saturated heterocycles. The van der Waals surface area contributed by atoms with E-state index in [1.54, 1.807) is 18.2 Å². The summed E-state index contributed by atoms with van der Waals surface area (Å²) in [6, 6.07) is 4.89. The first-order valence-electron chi connectivity index (χ1n) is 11.1. The van der Waals surface area contributed by atoms with E-state index in [-0.39, 0.29) is 39.9 Å². The minimum absolute atomic E-state index is 0.00279. The molecule has 1 heterocycles. The predicted molar refractivity (Wildman–Crippen MR) is 116 cm³/mol. The lowest BCUT2D eigenvalue weighted by atomic mass is 9.46. The van der Waals surface area contributed by atoms with Gasteiger partial charge in [0.1, 0.15) is 6.10 Å². The van der Waals surface area contributed by atoms with Crippen LogP contribution in [-0.4, -0.2) is 42.3 Å². The number of hydrogen-bond acceptors (Lipinski definition) is 6. The van der Waals surface area contributed by atoms with Crippen molar-refractivity contribution in [3.63, 3.8) is 0 Å². The highest BCUT2D eigenvalue weighted by Crippen LogP contribution is 2.73. The Bertz CT molecular complexity index is 892. The van der Waals surface area contributed by atoms with Crippen LogP contribution in [0.2, 0.25) is 0 Å². The number of aliphatic hydroxyl groups is 1. The summed E-state index contributed by atoms with van der Waals surface area (Å²) in [6.07, 6.45) is 5.05. The van der Waals surface area contributed by atoms with E-state index in [2.05, 4.69) is 27.7 Å². The normalized spacial score (nSPS) is 38.6. The monoisotopic (exact) mass is 430 g/mol. The number of phenolic OH excluding ortho intramolecular Hbond substituents is 1. The molecule has 1 aromatic carbocycles. The third kappa shape index (κ3) is 3.18. The van der Waals surface area contributed by atoms with Gasteiger partial charge in [0.25, 0.3) is 0 Å². The largest absolute Gasteiger partial charge is 0.504 e. The predicted octanol–water partition coefficient (Wildman–Crippen LogP) is 4.14. The van der Waals surface area contributed by atoms with Crippen LogP contribution in [0.5, 0.6) is 11.5 Å². The topological polar surface area (TPSA) is 85.2 Å². The van der Waals surface area contributed by atoms with Gasteiger partial charge < -0.3 is 24.4 Å². The molecule has 0 aromatic heterocycles. The minimum Gasteiger partial charge on any atom is -0.504 e. The smallest absolute Gasteiger partial charge is 0.331 e. The van der Waals surface area contributed by atoms with Crippen molar-refractivity contribution in [1.29, 1.82) is 0 Å². The van der Waals surface area contributed by atoms with Gasteiger partial charge in [0, 0.05) is 23.3 Å². The second-order valence-electron chi connectivity index (χ2n) is 10.4. The molecular weight excluding hydrogens is 396 g/mol. The molecule has 1 aliphatic heterocycles. The van der Waals surface area contributed by atoms with E-state index in [0.717, 1.165) is 24.8 Å². The van der Waals surface area contributed by atoms with Gasteiger partial charge in [-0.15, -0.1) is 0 Å². The van der Waals surface area contributed by atoms with Crippen molar-refractivity contribution >= 4 is 12.0 Å². The van der Waals surface area contributed by atoms with Crippen LogP contribution in [0.4, 0.5) is 0 Å². The van der Waals surface area contributed by atoms with Crippen molar-refractivity contribution in [2.24, 2.45) is 28.1 Å². The summed E-state index contributed by atoms with van der Waals surface area (Å²) in [4.78, 5) is 12.9. The van der Waals surface area contributed by atoms with Crippen LogP contribution in [-0.2, 0) is 14.3 Å². The fourth-order valence-corrected chi connectivity index (χ4v) is 6.89. The molecule has 0 radical (unpaired) electrons. The van der Waals surface area contributed by atoms with Crippen LogP contribution >= 0.6 is 0 Å². The summed E-state index contributed by atoms with van der Waals surface area (Å²) >= 11 is 0. The summed E-state index contributed by atoms with van der Waals surface area (Å²) in [7, 11) is 1.48. The summed E-state index contributed by atoms with van der Waals surface area (Å²) in [5.41, 5.74) is 0.278. The lowest BCUT2D eigenvalue weighted by molar-refractivity contribution is -0.193. The SMILES string of the molecule is COc1cc(/C=C/C(=O)O[C@@H]2[C@H]3CO[C@H](O)[C@H]3[C@]3(C)C(C)(C)CCC[C@]23C)ccc1O. The summed E-state index contributed by atoms with van der Waals surface area (Å²) < 4.78 is 16.9. The van der Waals surface area contributed by atoms with E-state index in [4.69, 9.17) is 14.2 Å². The minimum atomic E-state index is -0.824. The van der Waals surface area contributed by atoms with Crippen molar-refractivity contribution in [2.75, 3.05) is 13.7 Å². The molecule has 6 atom stereocenters. The van der Waals surface area contributed by atoms with Crippen LogP contribution in [0.3, 0.4) is 0 Å². The summed E-state index contributed by atoms with van der Waals surface area (Å²) in [5.74, 6) is -0.0967. The molecule has 0 unspecified atom stereocenters. The Morgan fingerprint density at radius 1 is 1.23 bits per heavy atom. The Balaban J connectivity index is 1.60. The number of aliphatic hydroxyl groups excluding tert-OH is 1. The van der Waals surface area contributed by atoms with Crippen molar-refractivity contribution in [3.05, 3.63) is 29.8 Å². The number of aromatic hydroxyl groups is 1. The number of methoxy groups -OCH3 is 1. The molecule has 6 heteroatoms. The van der Waals surface area contributed by atoms with Gasteiger partial charge in [-0.1, -0.05) is 40.2 Å². The standard InChI is InChI=1S/C25H34O6/c1-23(2)11-6-12-24(3)21(16-14-30-22(28)20(16)25(23,24)4)31-19(27)10-8-15-7-9-17(26)18(13-15)29-5/h7-10,13,16,20-22,26,28H,6,11-12,14H2,1-5H3/b10-8+/t16-,20-,21+,22-,24+,25+/m0/s1. The molecule has 3 aliphatic rings. The van der Waals surface area contributed by atoms with Crippen LogP contribution < -0.4 is 4.74 Å². The van der Waals surface area contributed by atoms with Gasteiger partial charge in [-0.05, 0) is 47.4 Å². The Morgan fingerprint density at radius 2 is 1.97 bits per heavy atom. The van der Waals surface area contributed by atoms with Crippen molar-refractivity contribution in [1.82, 2.24) is 0 Å². The van der Waals surface area contributed by atoms with Gasteiger partial charge in [0.05, 0.1) is 13.7 Å². The fourth-order valence-electron chi connectivity index (χ4n) is 6.89. The van der Waals surface area contributed by atoms with Crippen LogP contribution in [0, 0.1) is 28.1 Å². The molecule has 0 amide bonds. The first-order chi connectivity index (χ1) is 14.5. The molecule has 31 heavy (non-hydrogen) atoms. The average Bonchev–Trinajstić information content (AvgIpc) is 3.18. The molecule has 2 aliphatic carbocycles. The Kier molecular flexibility index (Phi) is 5.38. The number of rotatable bonds is 4. The maximum absolute atomic E-state index is 12.9. The lowest BCUT2D eigenvalue weighted by Crippen LogP contribution is -2.56. The number of benzene rings is 1. The third-order valence-electron chi connectivity index (χ3n) is 8.86. The number of esters is 1. The quantitative estimate of drug-likeness (QED) is 0.552. The van der Waals surface area contributed by atoms with Gasteiger partial charge in [-0.3, -0.25) is 0 Å². The molecule has 3 fully saturated rings. The number of carbonyl (C=O) groups is 1. The molecule has 0 bridgehead atoms. The number of phenols is 1. The van der Waals surface area contributed by atoms with E-state index >= 15 is 0 Å². The fraction of sp³-hybridized carbons (Fsp3) is 0.640. The van der Waals surface area contributed by atoms with Gasteiger partial charge >= 0.3 is 5.97 Å². The molecule has 1 aromatic rings. The van der Waals surface area contributed by atoms with E-state index in [0.29, 0.717) is 12.4 Å². The van der Waals surface area contributed by atoms with Crippen molar-refractivity contribution in [3.8, 4) is 11.5 Å². The highest BCUT2D eigenvalue weighted by molar-refractivity contribution is 5.87. The first kappa shape index (κ1) is 22.2. The lowest BCUT2D eigenvalue weighted by Gasteiger charge is -2.59. The van der Waals surface area contributed by atoms with E-state index in [9.17, 15) is 15.0 Å². The Labute approximate surface area is 184 Å². The Morgan fingerprint density at radius 3 is 2.68 bits per heavy atom. The zero-order valence-electron chi connectivity index (χ0n) is 19.1. The maximum atomic E-state index is 12.9. The number of carbonyl (C=O) groups excluding carboxylic acids is 1. The molecule has 2 saturated carbocycles. The number of ether oxygens (including phenoxy) is 3. The van der Waals surface area contributed by atoms with E-state index in [1.165, 1.54) is 19.3 Å². The van der Waals surface area contributed by atoms with Crippen LogP contribution in [0.1, 0.15) is 52.5 Å². The van der Waals surface area contributed by atoms with Gasteiger partial charge in [0.2, 0.25) is 0 Å². The zero-order valence-corrected chi connectivity index (χ0v) is 19.1. The zero-order chi connectivity index (χ0) is 22.6. The molecule has 0 spiro atoms. The second-order valence-corrected chi connectivity index (χ2v) is 10.4. The third-order valence-corrected chi connectivity index (χ3v) is 8.86. The molecule has 4 rings (SSSR count). The number of hydrogen-bond donors (Lipinski definition) is 2. The molecular formula is C25H34O6. The van der Waals surface area contributed by atoms with Crippen LogP contribution in [0.25, 0.3) is 6.08 Å². The second kappa shape index (κ2) is 7.52. The maximum Gasteiger partial charge on any atom is 0.331 e. The highest BCUT2D eigenvalue weighted by atomic mass is 16.6. The van der Waals surface area contributed by atoms with Crippen molar-refractivity contribution < 1.29 is 29.2 Å². The first-order valence-corrected chi connectivity index (χ1v) is 11.1. The van der Waals surface area contributed by atoms with Crippen molar-refractivity contribution in [2.45, 2.75) is 59.4 Å². The number of fused-ring (bicyclic) bond motifs is 3. The van der Waals surface area contributed by atoms with E-state index < -0.39 is 12.3 Å².